The Labute approximate surface area is 126 Å². The van der Waals surface area contributed by atoms with Crippen molar-refractivity contribution >= 4 is 5.91 Å². The number of likely N-dealkylation sites (N-methyl/N-ethyl adjacent to an activating group) is 2. The molecule has 120 valence electrons. The van der Waals surface area contributed by atoms with Crippen LogP contribution >= 0.6 is 0 Å². The molecule has 0 aliphatic rings. The van der Waals surface area contributed by atoms with Gasteiger partial charge in [0, 0.05) is 25.2 Å². The number of rotatable bonds is 9. The summed E-state index contributed by atoms with van der Waals surface area (Å²) in [5, 5.41) is 0. The van der Waals surface area contributed by atoms with Crippen molar-refractivity contribution in [1.29, 1.82) is 0 Å². The molecule has 2 atom stereocenters. The zero-order chi connectivity index (χ0) is 15.9. The van der Waals surface area contributed by atoms with E-state index in [9.17, 15) is 4.79 Å². The van der Waals surface area contributed by atoms with Crippen LogP contribution in [0.15, 0.2) is 0 Å². The number of hydrogen-bond donors (Lipinski definition) is 0. The van der Waals surface area contributed by atoms with Crippen LogP contribution in [0.1, 0.15) is 47.5 Å². The zero-order valence-electron chi connectivity index (χ0n) is 14.8. The van der Waals surface area contributed by atoms with Gasteiger partial charge in [-0.05, 0) is 61.2 Å². The van der Waals surface area contributed by atoms with Gasteiger partial charge in [0.05, 0.1) is 6.54 Å². The Morgan fingerprint density at radius 1 is 0.900 bits per heavy atom. The summed E-state index contributed by atoms with van der Waals surface area (Å²) in [5.41, 5.74) is 0. The molecule has 0 aromatic rings. The maximum atomic E-state index is 12.2. The van der Waals surface area contributed by atoms with Crippen molar-refractivity contribution in [3.05, 3.63) is 0 Å². The predicted molar refractivity (Wildman–Crippen MR) is 87.0 cm³/mol. The van der Waals surface area contributed by atoms with Gasteiger partial charge >= 0.3 is 0 Å². The maximum Gasteiger partial charge on any atom is 0.236 e. The van der Waals surface area contributed by atoms with Crippen molar-refractivity contribution in [2.24, 2.45) is 0 Å². The third kappa shape index (κ3) is 6.71. The van der Waals surface area contributed by atoms with E-state index in [0.717, 1.165) is 19.4 Å². The van der Waals surface area contributed by atoms with E-state index < -0.39 is 0 Å². The highest BCUT2D eigenvalue weighted by Gasteiger charge is 2.19. The van der Waals surface area contributed by atoms with Crippen molar-refractivity contribution in [2.75, 3.05) is 34.2 Å². The quantitative estimate of drug-likeness (QED) is 0.650. The van der Waals surface area contributed by atoms with Gasteiger partial charge in [-0.15, -0.1) is 0 Å². The second-order valence-electron chi connectivity index (χ2n) is 6.36. The number of amides is 1. The Hall–Kier alpha value is -0.610. The molecule has 0 aromatic carbocycles. The summed E-state index contributed by atoms with van der Waals surface area (Å²) < 4.78 is 0. The van der Waals surface area contributed by atoms with Gasteiger partial charge in [-0.25, -0.2) is 0 Å². The van der Waals surface area contributed by atoms with Crippen LogP contribution in [0.2, 0.25) is 0 Å². The molecule has 4 heteroatoms. The molecule has 0 aliphatic carbocycles. The minimum atomic E-state index is 0.213. The van der Waals surface area contributed by atoms with E-state index in [0.29, 0.717) is 24.7 Å². The Morgan fingerprint density at radius 3 is 1.85 bits per heavy atom. The van der Waals surface area contributed by atoms with Gasteiger partial charge in [0.2, 0.25) is 5.91 Å². The first-order valence-electron chi connectivity index (χ1n) is 7.86. The molecule has 0 aromatic heterocycles. The highest BCUT2D eigenvalue weighted by atomic mass is 16.2. The SMILES string of the molecule is CCN(C)C(C)CCC(C)N(C)C(=O)CN(C)C(C)C. The van der Waals surface area contributed by atoms with Crippen LogP contribution in [0.4, 0.5) is 0 Å². The van der Waals surface area contributed by atoms with Gasteiger partial charge in [-0.2, -0.15) is 0 Å². The lowest BCUT2D eigenvalue weighted by atomic mass is 10.1. The van der Waals surface area contributed by atoms with Crippen LogP contribution in [0.3, 0.4) is 0 Å². The highest BCUT2D eigenvalue weighted by Crippen LogP contribution is 2.11. The van der Waals surface area contributed by atoms with Gasteiger partial charge in [0.15, 0.2) is 0 Å². The Bertz CT molecular complexity index is 281. The van der Waals surface area contributed by atoms with Crippen LogP contribution in [0.25, 0.3) is 0 Å². The van der Waals surface area contributed by atoms with Gasteiger partial charge in [0.1, 0.15) is 0 Å². The van der Waals surface area contributed by atoms with E-state index in [2.05, 4.69) is 51.5 Å². The van der Waals surface area contributed by atoms with Crippen LogP contribution < -0.4 is 0 Å². The van der Waals surface area contributed by atoms with Crippen LogP contribution in [0, 0.1) is 0 Å². The maximum absolute atomic E-state index is 12.2. The molecule has 0 rings (SSSR count). The fourth-order valence-electron chi connectivity index (χ4n) is 1.96. The minimum Gasteiger partial charge on any atom is -0.342 e. The molecular formula is C16H35N3O. The molecule has 0 bridgehead atoms. The Kier molecular flexibility index (Phi) is 9.06. The van der Waals surface area contributed by atoms with E-state index in [-0.39, 0.29) is 5.91 Å². The van der Waals surface area contributed by atoms with Gasteiger partial charge < -0.3 is 9.80 Å². The molecule has 0 aliphatic heterocycles. The summed E-state index contributed by atoms with van der Waals surface area (Å²) in [6.07, 6.45) is 2.18. The van der Waals surface area contributed by atoms with Gasteiger partial charge in [-0.1, -0.05) is 6.92 Å². The van der Waals surface area contributed by atoms with Crippen molar-refractivity contribution < 1.29 is 4.79 Å². The molecule has 1 amide bonds. The van der Waals surface area contributed by atoms with Crippen LogP contribution in [-0.4, -0.2) is 73.0 Å². The molecule has 0 N–H and O–H groups in total. The number of nitrogens with zero attached hydrogens (tertiary/aromatic N) is 3. The van der Waals surface area contributed by atoms with Gasteiger partial charge in [0.25, 0.3) is 0 Å². The van der Waals surface area contributed by atoms with E-state index in [1.807, 2.05) is 19.0 Å². The molecule has 2 unspecified atom stereocenters. The normalized spacial score (nSPS) is 14.9. The van der Waals surface area contributed by atoms with Crippen molar-refractivity contribution in [2.45, 2.75) is 65.6 Å². The summed E-state index contributed by atoms with van der Waals surface area (Å²) in [6.45, 7) is 12.4. The lowest BCUT2D eigenvalue weighted by Gasteiger charge is -2.30. The summed E-state index contributed by atoms with van der Waals surface area (Å²) in [7, 11) is 6.08. The average Bonchev–Trinajstić information content (AvgIpc) is 2.41. The molecular weight excluding hydrogens is 250 g/mol. The lowest BCUT2D eigenvalue weighted by Crippen LogP contribution is -2.43. The van der Waals surface area contributed by atoms with Crippen molar-refractivity contribution in [3.8, 4) is 0 Å². The van der Waals surface area contributed by atoms with Crippen molar-refractivity contribution in [1.82, 2.24) is 14.7 Å². The number of hydrogen-bond acceptors (Lipinski definition) is 3. The fourth-order valence-corrected chi connectivity index (χ4v) is 1.96. The molecule has 0 spiro atoms. The summed E-state index contributed by atoms with van der Waals surface area (Å²) in [4.78, 5) is 18.5. The summed E-state index contributed by atoms with van der Waals surface area (Å²) in [6, 6.07) is 1.28. The average molecular weight is 285 g/mol. The van der Waals surface area contributed by atoms with E-state index in [1.54, 1.807) is 0 Å². The molecule has 0 heterocycles. The second kappa shape index (κ2) is 9.35. The molecule has 0 fully saturated rings. The third-order valence-electron chi connectivity index (χ3n) is 4.57. The van der Waals surface area contributed by atoms with Gasteiger partial charge in [-0.3, -0.25) is 9.69 Å². The number of carbonyl (C=O) groups is 1. The fraction of sp³-hybridized carbons (Fsp3) is 0.938. The lowest BCUT2D eigenvalue weighted by molar-refractivity contribution is -0.133. The van der Waals surface area contributed by atoms with E-state index in [1.165, 1.54) is 0 Å². The molecule has 4 nitrogen and oxygen atoms in total. The van der Waals surface area contributed by atoms with E-state index in [4.69, 9.17) is 0 Å². The Balaban J connectivity index is 4.20. The highest BCUT2D eigenvalue weighted by molar-refractivity contribution is 5.78. The van der Waals surface area contributed by atoms with Crippen LogP contribution in [0.5, 0.6) is 0 Å². The number of carbonyl (C=O) groups excluding carboxylic acids is 1. The topological polar surface area (TPSA) is 26.8 Å². The molecule has 0 saturated carbocycles. The standard InChI is InChI=1S/C16H35N3O/c1-9-17(6)14(4)10-11-15(5)19(8)16(20)12-18(7)13(2)3/h13-15H,9-12H2,1-8H3. The molecule has 0 radical (unpaired) electrons. The Morgan fingerprint density at radius 2 is 1.40 bits per heavy atom. The second-order valence-corrected chi connectivity index (χ2v) is 6.36. The van der Waals surface area contributed by atoms with E-state index >= 15 is 0 Å². The minimum absolute atomic E-state index is 0.213. The van der Waals surface area contributed by atoms with Crippen molar-refractivity contribution in [3.63, 3.8) is 0 Å². The first kappa shape index (κ1) is 19.4. The summed E-state index contributed by atoms with van der Waals surface area (Å²) in [5.74, 6) is 0.213. The van der Waals surface area contributed by atoms with Crippen LogP contribution in [-0.2, 0) is 4.79 Å². The first-order valence-corrected chi connectivity index (χ1v) is 7.86. The molecule has 20 heavy (non-hydrogen) atoms. The summed E-state index contributed by atoms with van der Waals surface area (Å²) >= 11 is 0. The largest absolute Gasteiger partial charge is 0.342 e. The molecule has 0 saturated heterocycles. The smallest absolute Gasteiger partial charge is 0.236 e. The zero-order valence-corrected chi connectivity index (χ0v) is 14.8. The first-order chi connectivity index (χ1) is 9.20. The third-order valence-corrected chi connectivity index (χ3v) is 4.57. The predicted octanol–water partition coefficient (Wildman–Crippen LogP) is 2.29. The monoisotopic (exact) mass is 285 g/mol.